The summed E-state index contributed by atoms with van der Waals surface area (Å²) in [5, 5.41) is 8.25. The first kappa shape index (κ1) is 15.8. The number of aromatic nitrogens is 2. The largest absolute Gasteiger partial charge is 0.488 e. The normalized spacial score (nSPS) is 16.0. The summed E-state index contributed by atoms with van der Waals surface area (Å²) in [5.41, 5.74) is 1.07. The lowest BCUT2D eigenvalue weighted by Gasteiger charge is -2.30. The number of rotatable bonds is 3. The standard InChI is InChI=1S/C16H16ClN5O3/c17-10-8-21(9-23)14(18)7-12(10)22-4-5-25-13-6-11(19-15(13)22)16(24)20-2-1-3-20/h6-9,18-19H,1-5H2. The molecule has 0 radical (unpaired) electrons. The monoisotopic (exact) mass is 361 g/mol. The average Bonchev–Trinajstić information content (AvgIpc) is 2.99. The Labute approximate surface area is 148 Å². The number of aromatic amines is 1. The fraction of sp³-hybridized carbons (Fsp3) is 0.312. The van der Waals surface area contributed by atoms with Crippen molar-refractivity contribution in [1.82, 2.24) is 14.5 Å². The van der Waals surface area contributed by atoms with Crippen LogP contribution in [0.1, 0.15) is 16.9 Å². The maximum Gasteiger partial charge on any atom is 0.270 e. The fourth-order valence-corrected chi connectivity index (χ4v) is 3.23. The number of pyridine rings is 1. The number of ether oxygens (including phenoxy) is 1. The van der Waals surface area contributed by atoms with E-state index < -0.39 is 0 Å². The Kier molecular flexibility index (Phi) is 3.76. The van der Waals surface area contributed by atoms with Gasteiger partial charge < -0.3 is 19.5 Å². The zero-order valence-corrected chi connectivity index (χ0v) is 14.0. The molecule has 2 aromatic heterocycles. The van der Waals surface area contributed by atoms with E-state index in [2.05, 4.69) is 4.98 Å². The van der Waals surface area contributed by atoms with Gasteiger partial charge in [-0.25, -0.2) is 0 Å². The van der Waals surface area contributed by atoms with Crippen molar-refractivity contribution in [3.8, 4) is 5.75 Å². The van der Waals surface area contributed by atoms with Crippen molar-refractivity contribution in [2.45, 2.75) is 6.42 Å². The van der Waals surface area contributed by atoms with Crippen LogP contribution in [0.5, 0.6) is 5.75 Å². The molecule has 25 heavy (non-hydrogen) atoms. The predicted molar refractivity (Wildman–Crippen MR) is 91.3 cm³/mol. The molecule has 8 nitrogen and oxygen atoms in total. The van der Waals surface area contributed by atoms with Crippen molar-refractivity contribution >= 4 is 35.4 Å². The highest BCUT2D eigenvalue weighted by molar-refractivity contribution is 6.33. The molecule has 2 aromatic rings. The lowest BCUT2D eigenvalue weighted by Crippen LogP contribution is -2.42. The van der Waals surface area contributed by atoms with Crippen LogP contribution < -0.4 is 15.1 Å². The van der Waals surface area contributed by atoms with Gasteiger partial charge >= 0.3 is 0 Å². The number of hydrogen-bond donors (Lipinski definition) is 2. The number of hydrogen-bond acceptors (Lipinski definition) is 5. The lowest BCUT2D eigenvalue weighted by molar-refractivity contribution is 0.0646. The molecule has 0 saturated carbocycles. The number of likely N-dealkylation sites (tertiary alicyclic amines) is 1. The van der Waals surface area contributed by atoms with Crippen LogP contribution in [0, 0.1) is 5.41 Å². The molecule has 0 spiro atoms. The minimum atomic E-state index is -0.0525. The zero-order valence-electron chi connectivity index (χ0n) is 13.3. The van der Waals surface area contributed by atoms with E-state index in [1.807, 2.05) is 4.90 Å². The van der Waals surface area contributed by atoms with Gasteiger partial charge in [0.05, 0.1) is 17.3 Å². The average molecular weight is 362 g/mol. The second-order valence-corrected chi connectivity index (χ2v) is 6.35. The van der Waals surface area contributed by atoms with Crippen molar-refractivity contribution in [1.29, 1.82) is 5.41 Å². The van der Waals surface area contributed by atoms with Crippen LogP contribution in [-0.2, 0) is 4.79 Å². The van der Waals surface area contributed by atoms with Crippen molar-refractivity contribution in [2.75, 3.05) is 31.1 Å². The van der Waals surface area contributed by atoms with Crippen molar-refractivity contribution in [3.05, 3.63) is 34.5 Å². The summed E-state index contributed by atoms with van der Waals surface area (Å²) in [6, 6.07) is 3.22. The molecule has 2 aliphatic heterocycles. The van der Waals surface area contributed by atoms with Gasteiger partial charge in [-0.3, -0.25) is 19.6 Å². The second kappa shape index (κ2) is 5.96. The van der Waals surface area contributed by atoms with Gasteiger partial charge in [0, 0.05) is 31.4 Å². The van der Waals surface area contributed by atoms with Crippen LogP contribution in [0.15, 0.2) is 18.3 Å². The molecular weight excluding hydrogens is 346 g/mol. The molecule has 130 valence electrons. The molecule has 4 heterocycles. The Morgan fingerprint density at radius 2 is 2.12 bits per heavy atom. The van der Waals surface area contributed by atoms with Gasteiger partial charge in [-0.05, 0) is 6.42 Å². The van der Waals surface area contributed by atoms with Gasteiger partial charge in [-0.15, -0.1) is 0 Å². The van der Waals surface area contributed by atoms with E-state index in [1.54, 1.807) is 11.0 Å². The SMILES string of the molecule is N=c1cc(N2CCOc3cc(C(=O)N4CCC4)[nH]c32)c(Cl)cn1C=O. The van der Waals surface area contributed by atoms with E-state index in [0.717, 1.165) is 24.1 Å². The number of fused-ring (bicyclic) bond motifs is 1. The van der Waals surface area contributed by atoms with Gasteiger partial charge in [-0.2, -0.15) is 0 Å². The maximum absolute atomic E-state index is 12.4. The summed E-state index contributed by atoms with van der Waals surface area (Å²) >= 11 is 6.30. The number of anilines is 2. The quantitative estimate of drug-likeness (QED) is 0.807. The van der Waals surface area contributed by atoms with E-state index >= 15 is 0 Å². The first-order valence-corrected chi connectivity index (χ1v) is 8.30. The maximum atomic E-state index is 12.4. The van der Waals surface area contributed by atoms with Gasteiger partial charge in [-0.1, -0.05) is 11.6 Å². The van der Waals surface area contributed by atoms with Crippen LogP contribution in [0.2, 0.25) is 5.02 Å². The second-order valence-electron chi connectivity index (χ2n) is 5.95. The predicted octanol–water partition coefficient (Wildman–Crippen LogP) is 1.36. The Hall–Kier alpha value is -2.74. The van der Waals surface area contributed by atoms with E-state index in [-0.39, 0.29) is 11.4 Å². The van der Waals surface area contributed by atoms with Crippen molar-refractivity contribution in [2.24, 2.45) is 0 Å². The van der Waals surface area contributed by atoms with Crippen LogP contribution in [0.25, 0.3) is 0 Å². The zero-order chi connectivity index (χ0) is 17.6. The minimum Gasteiger partial charge on any atom is -0.488 e. The summed E-state index contributed by atoms with van der Waals surface area (Å²) < 4.78 is 6.76. The molecule has 2 aliphatic rings. The van der Waals surface area contributed by atoms with Gasteiger partial charge in [0.25, 0.3) is 5.91 Å². The van der Waals surface area contributed by atoms with Gasteiger partial charge in [0.15, 0.2) is 11.6 Å². The van der Waals surface area contributed by atoms with E-state index in [0.29, 0.717) is 47.5 Å². The number of halogens is 1. The first-order chi connectivity index (χ1) is 12.1. The fourth-order valence-electron chi connectivity index (χ4n) is 2.96. The number of carbonyl (C=O) groups is 2. The summed E-state index contributed by atoms with van der Waals surface area (Å²) in [7, 11) is 0. The highest BCUT2D eigenvalue weighted by Gasteiger charge is 2.29. The number of nitrogens with one attached hydrogen (secondary N) is 2. The summed E-state index contributed by atoms with van der Waals surface area (Å²) in [6.45, 7) is 2.47. The molecule has 0 atom stereocenters. The Morgan fingerprint density at radius 3 is 2.80 bits per heavy atom. The molecule has 9 heteroatoms. The van der Waals surface area contributed by atoms with Crippen LogP contribution in [-0.4, -0.2) is 53.0 Å². The summed E-state index contributed by atoms with van der Waals surface area (Å²) in [5.74, 6) is 1.15. The number of amides is 1. The molecule has 0 unspecified atom stereocenters. The molecule has 0 aromatic carbocycles. The smallest absolute Gasteiger partial charge is 0.270 e. The van der Waals surface area contributed by atoms with Crippen LogP contribution >= 0.6 is 11.6 Å². The molecule has 0 bridgehead atoms. The molecular formula is C16H16ClN5O3. The number of nitrogens with zero attached hydrogens (tertiary/aromatic N) is 3. The highest BCUT2D eigenvalue weighted by atomic mass is 35.5. The third-order valence-electron chi connectivity index (χ3n) is 4.43. The van der Waals surface area contributed by atoms with Crippen molar-refractivity contribution in [3.63, 3.8) is 0 Å². The van der Waals surface area contributed by atoms with E-state index in [9.17, 15) is 9.59 Å². The molecule has 2 N–H and O–H groups in total. The van der Waals surface area contributed by atoms with Crippen molar-refractivity contribution < 1.29 is 14.3 Å². The Balaban J connectivity index is 1.73. The Bertz CT molecular complexity index is 915. The number of H-pyrrole nitrogens is 1. The first-order valence-electron chi connectivity index (χ1n) is 7.92. The van der Waals surface area contributed by atoms with Crippen LogP contribution in [0.4, 0.5) is 11.5 Å². The molecule has 0 aliphatic carbocycles. The van der Waals surface area contributed by atoms with E-state index in [4.69, 9.17) is 21.7 Å². The molecule has 1 saturated heterocycles. The minimum absolute atomic E-state index is 0.0193. The summed E-state index contributed by atoms with van der Waals surface area (Å²) in [4.78, 5) is 30.1. The third-order valence-corrected chi connectivity index (χ3v) is 4.72. The molecule has 1 fully saturated rings. The topological polar surface area (TPSA) is 94.4 Å². The third kappa shape index (κ3) is 2.58. The molecule has 1 amide bonds. The molecule has 4 rings (SSSR count). The van der Waals surface area contributed by atoms with Crippen LogP contribution in [0.3, 0.4) is 0 Å². The van der Waals surface area contributed by atoms with E-state index in [1.165, 1.54) is 12.3 Å². The Morgan fingerprint density at radius 1 is 1.32 bits per heavy atom. The summed E-state index contributed by atoms with van der Waals surface area (Å²) in [6.07, 6.45) is 2.95. The lowest BCUT2D eigenvalue weighted by atomic mass is 10.2. The number of carbonyl (C=O) groups excluding carboxylic acids is 2. The van der Waals surface area contributed by atoms with Gasteiger partial charge in [0.1, 0.15) is 17.8 Å². The highest BCUT2D eigenvalue weighted by Crippen LogP contribution is 2.39. The van der Waals surface area contributed by atoms with Gasteiger partial charge in [0.2, 0.25) is 6.41 Å².